The van der Waals surface area contributed by atoms with Gasteiger partial charge in [-0.2, -0.15) is 0 Å². The van der Waals surface area contributed by atoms with E-state index in [0.717, 1.165) is 5.56 Å². The van der Waals surface area contributed by atoms with Crippen LogP contribution in [0.3, 0.4) is 0 Å². The van der Waals surface area contributed by atoms with Gasteiger partial charge in [0, 0.05) is 0 Å². The van der Waals surface area contributed by atoms with Gasteiger partial charge in [0.05, 0.1) is 11.4 Å². The largest absolute Gasteiger partial charge is 0.481 e. The van der Waals surface area contributed by atoms with Crippen LogP contribution >= 0.6 is 11.6 Å². The van der Waals surface area contributed by atoms with Gasteiger partial charge < -0.3 is 14.6 Å². The van der Waals surface area contributed by atoms with Gasteiger partial charge in [0.25, 0.3) is 0 Å². The Kier molecular flexibility index (Phi) is 2.44. The minimum Gasteiger partial charge on any atom is -0.481 e. The van der Waals surface area contributed by atoms with Gasteiger partial charge in [-0.3, -0.25) is 4.79 Å². The second kappa shape index (κ2) is 3.62. The SMILES string of the molecule is Cc1cc2c(c(Cl)c1CC(=O)O)OCO2. The van der Waals surface area contributed by atoms with Crippen LogP contribution in [-0.2, 0) is 11.2 Å². The van der Waals surface area contributed by atoms with Crippen molar-refractivity contribution in [3.05, 3.63) is 22.2 Å². The highest BCUT2D eigenvalue weighted by atomic mass is 35.5. The van der Waals surface area contributed by atoms with Gasteiger partial charge in [-0.05, 0) is 24.1 Å². The Morgan fingerprint density at radius 1 is 1.60 bits per heavy atom. The maximum atomic E-state index is 10.6. The maximum absolute atomic E-state index is 10.6. The molecule has 0 bridgehead atoms. The predicted octanol–water partition coefficient (Wildman–Crippen LogP) is 2.00. The number of aliphatic carboxylic acids is 1. The lowest BCUT2D eigenvalue weighted by Gasteiger charge is -2.08. The normalized spacial score (nSPS) is 12.9. The molecule has 0 saturated heterocycles. The molecule has 4 nitrogen and oxygen atoms in total. The van der Waals surface area contributed by atoms with Crippen molar-refractivity contribution in [2.45, 2.75) is 13.3 Å². The van der Waals surface area contributed by atoms with Crippen molar-refractivity contribution in [3.63, 3.8) is 0 Å². The average Bonchev–Trinajstić information content (AvgIpc) is 2.59. The Balaban J connectivity index is 2.51. The summed E-state index contributed by atoms with van der Waals surface area (Å²) >= 11 is 6.04. The highest BCUT2D eigenvalue weighted by molar-refractivity contribution is 6.33. The number of hydrogen-bond acceptors (Lipinski definition) is 3. The monoisotopic (exact) mass is 228 g/mol. The molecule has 1 N–H and O–H groups in total. The van der Waals surface area contributed by atoms with Crippen molar-refractivity contribution >= 4 is 17.6 Å². The van der Waals surface area contributed by atoms with Gasteiger partial charge in [0.15, 0.2) is 11.5 Å². The zero-order valence-corrected chi connectivity index (χ0v) is 8.80. The summed E-state index contributed by atoms with van der Waals surface area (Å²) in [7, 11) is 0. The first-order chi connectivity index (χ1) is 7.09. The second-order valence-corrected chi connectivity index (χ2v) is 3.67. The number of hydrogen-bond donors (Lipinski definition) is 1. The lowest BCUT2D eigenvalue weighted by Crippen LogP contribution is -2.03. The first kappa shape index (κ1) is 10.1. The molecule has 15 heavy (non-hydrogen) atoms. The molecule has 1 aromatic rings. The van der Waals surface area contributed by atoms with Crippen molar-refractivity contribution in [1.82, 2.24) is 0 Å². The van der Waals surface area contributed by atoms with Crippen LogP contribution in [0.2, 0.25) is 5.02 Å². The molecule has 1 aliphatic rings. The highest BCUT2D eigenvalue weighted by Gasteiger charge is 2.22. The fraction of sp³-hybridized carbons (Fsp3) is 0.300. The van der Waals surface area contributed by atoms with Crippen LogP contribution in [0.1, 0.15) is 11.1 Å². The van der Waals surface area contributed by atoms with Crippen LogP contribution in [0.25, 0.3) is 0 Å². The molecule has 5 heteroatoms. The predicted molar refractivity (Wildman–Crippen MR) is 53.7 cm³/mol. The third kappa shape index (κ3) is 1.72. The molecule has 0 aliphatic carbocycles. The summed E-state index contributed by atoms with van der Waals surface area (Å²) in [5.74, 6) is 0.101. The van der Waals surface area contributed by atoms with Gasteiger partial charge in [-0.15, -0.1) is 0 Å². The van der Waals surface area contributed by atoms with E-state index in [9.17, 15) is 4.79 Å². The molecular formula is C10H9ClO4. The van der Waals surface area contributed by atoms with Crippen molar-refractivity contribution in [3.8, 4) is 11.5 Å². The van der Waals surface area contributed by atoms with E-state index >= 15 is 0 Å². The number of fused-ring (bicyclic) bond motifs is 1. The Bertz CT molecular complexity index is 428. The van der Waals surface area contributed by atoms with Crippen LogP contribution in [-0.4, -0.2) is 17.9 Å². The van der Waals surface area contributed by atoms with E-state index in [0.29, 0.717) is 22.1 Å². The molecule has 2 rings (SSSR count). The van der Waals surface area contributed by atoms with E-state index < -0.39 is 5.97 Å². The maximum Gasteiger partial charge on any atom is 0.307 e. The second-order valence-electron chi connectivity index (χ2n) is 3.29. The smallest absolute Gasteiger partial charge is 0.307 e. The minimum atomic E-state index is -0.918. The third-order valence-corrected chi connectivity index (χ3v) is 2.66. The molecule has 0 radical (unpaired) electrons. The summed E-state index contributed by atoms with van der Waals surface area (Å²) in [6, 6.07) is 1.74. The average molecular weight is 229 g/mol. The summed E-state index contributed by atoms with van der Waals surface area (Å²) in [4.78, 5) is 10.6. The lowest BCUT2D eigenvalue weighted by molar-refractivity contribution is -0.136. The van der Waals surface area contributed by atoms with Crippen LogP contribution in [0, 0.1) is 6.92 Å². The first-order valence-electron chi connectivity index (χ1n) is 4.39. The number of carboxylic acids is 1. The van der Waals surface area contributed by atoms with Crippen LogP contribution in [0.5, 0.6) is 11.5 Å². The molecule has 0 amide bonds. The molecule has 0 saturated carbocycles. The fourth-order valence-electron chi connectivity index (χ4n) is 1.53. The summed E-state index contributed by atoms with van der Waals surface area (Å²) in [6.07, 6.45) is -0.110. The van der Waals surface area contributed by atoms with Crippen LogP contribution < -0.4 is 9.47 Å². The van der Waals surface area contributed by atoms with E-state index in [1.54, 1.807) is 13.0 Å². The minimum absolute atomic E-state index is 0.110. The molecular weight excluding hydrogens is 220 g/mol. The number of halogens is 1. The van der Waals surface area contributed by atoms with Gasteiger partial charge in [0.2, 0.25) is 6.79 Å². The number of rotatable bonds is 2. The number of carbonyl (C=O) groups is 1. The zero-order chi connectivity index (χ0) is 11.0. The molecule has 1 aliphatic heterocycles. The molecule has 0 atom stereocenters. The standard InChI is InChI=1S/C10H9ClO4/c1-5-2-7-10(15-4-14-7)9(11)6(5)3-8(12)13/h2H,3-4H2,1H3,(H,12,13). The van der Waals surface area contributed by atoms with Crippen LogP contribution in [0.4, 0.5) is 0 Å². The zero-order valence-electron chi connectivity index (χ0n) is 8.04. The number of carboxylic acid groups (broad SMARTS) is 1. The van der Waals surface area contributed by atoms with E-state index in [2.05, 4.69) is 0 Å². The summed E-state index contributed by atoms with van der Waals surface area (Å²) in [5.41, 5.74) is 1.38. The van der Waals surface area contributed by atoms with E-state index in [4.69, 9.17) is 26.2 Å². The van der Waals surface area contributed by atoms with Gasteiger partial charge >= 0.3 is 5.97 Å². The van der Waals surface area contributed by atoms with Crippen LogP contribution in [0.15, 0.2) is 6.07 Å². The van der Waals surface area contributed by atoms with Crippen molar-refractivity contribution < 1.29 is 19.4 Å². The van der Waals surface area contributed by atoms with E-state index in [1.807, 2.05) is 0 Å². The highest BCUT2D eigenvalue weighted by Crippen LogP contribution is 2.42. The molecule has 1 aromatic carbocycles. The Labute approximate surface area is 91.4 Å². The molecule has 0 spiro atoms. The van der Waals surface area contributed by atoms with Crippen molar-refractivity contribution in [2.24, 2.45) is 0 Å². The Morgan fingerprint density at radius 2 is 2.33 bits per heavy atom. The quantitative estimate of drug-likeness (QED) is 0.841. The first-order valence-corrected chi connectivity index (χ1v) is 4.76. The fourth-order valence-corrected chi connectivity index (χ4v) is 1.89. The third-order valence-electron chi connectivity index (χ3n) is 2.26. The number of ether oxygens (including phenoxy) is 2. The summed E-state index contributed by atoms with van der Waals surface area (Å²) < 4.78 is 10.3. The van der Waals surface area contributed by atoms with Crippen molar-refractivity contribution in [1.29, 1.82) is 0 Å². The Hall–Kier alpha value is -1.42. The lowest BCUT2D eigenvalue weighted by atomic mass is 10.0. The van der Waals surface area contributed by atoms with Gasteiger partial charge in [-0.1, -0.05) is 11.6 Å². The van der Waals surface area contributed by atoms with Crippen molar-refractivity contribution in [2.75, 3.05) is 6.79 Å². The number of aryl methyl sites for hydroxylation is 1. The summed E-state index contributed by atoms with van der Waals surface area (Å²) in [5, 5.41) is 9.07. The van der Waals surface area contributed by atoms with E-state index in [1.165, 1.54) is 0 Å². The molecule has 0 aromatic heterocycles. The van der Waals surface area contributed by atoms with Gasteiger partial charge in [0.1, 0.15) is 0 Å². The molecule has 0 unspecified atom stereocenters. The summed E-state index contributed by atoms with van der Waals surface area (Å²) in [6.45, 7) is 1.93. The number of benzene rings is 1. The molecule has 80 valence electrons. The van der Waals surface area contributed by atoms with E-state index in [-0.39, 0.29) is 13.2 Å². The molecule has 0 fully saturated rings. The Morgan fingerprint density at radius 3 is 3.00 bits per heavy atom. The topological polar surface area (TPSA) is 55.8 Å². The molecule has 1 heterocycles. The van der Waals surface area contributed by atoms with Gasteiger partial charge in [-0.25, -0.2) is 0 Å².